The van der Waals surface area contributed by atoms with E-state index in [-0.39, 0.29) is 11.5 Å². The van der Waals surface area contributed by atoms with Gasteiger partial charge in [-0.25, -0.2) is 0 Å². The van der Waals surface area contributed by atoms with Crippen LogP contribution in [0, 0.1) is 0 Å². The number of furan rings is 1. The first-order chi connectivity index (χ1) is 9.42. The van der Waals surface area contributed by atoms with Gasteiger partial charge in [-0.1, -0.05) is 12.1 Å². The number of hydrogen-bond donors (Lipinski definition) is 0. The SMILES string of the molecule is O=Cc1ccc(-c2cccc(OC(F)(F)C(F)F)c2)o1. The van der Waals surface area contributed by atoms with Gasteiger partial charge in [-0.2, -0.15) is 17.6 Å². The second kappa shape index (κ2) is 5.36. The van der Waals surface area contributed by atoms with Gasteiger partial charge in [0.1, 0.15) is 11.5 Å². The Bertz CT molecular complexity index is 607. The lowest BCUT2D eigenvalue weighted by Crippen LogP contribution is -2.33. The first-order valence-electron chi connectivity index (χ1n) is 5.43. The number of carbonyl (C=O) groups excluding carboxylic acids is 1. The molecule has 1 aromatic carbocycles. The van der Waals surface area contributed by atoms with Gasteiger partial charge in [-0.15, -0.1) is 0 Å². The highest BCUT2D eigenvalue weighted by molar-refractivity contribution is 5.73. The van der Waals surface area contributed by atoms with Crippen molar-refractivity contribution in [2.45, 2.75) is 12.5 Å². The quantitative estimate of drug-likeness (QED) is 0.616. The largest absolute Gasteiger partial charge is 0.461 e. The molecule has 0 N–H and O–H groups in total. The zero-order valence-electron chi connectivity index (χ0n) is 9.86. The van der Waals surface area contributed by atoms with Crippen LogP contribution in [0.15, 0.2) is 40.8 Å². The van der Waals surface area contributed by atoms with Crippen molar-refractivity contribution in [2.24, 2.45) is 0 Å². The molecular weight excluding hydrogens is 280 g/mol. The first-order valence-corrected chi connectivity index (χ1v) is 5.43. The molecular formula is C13H8F4O3. The zero-order chi connectivity index (χ0) is 14.8. The molecule has 1 aromatic heterocycles. The van der Waals surface area contributed by atoms with Crippen molar-refractivity contribution in [3.05, 3.63) is 42.2 Å². The molecule has 0 fully saturated rings. The van der Waals surface area contributed by atoms with Crippen molar-refractivity contribution in [1.82, 2.24) is 0 Å². The van der Waals surface area contributed by atoms with Crippen LogP contribution < -0.4 is 4.74 Å². The highest BCUT2D eigenvalue weighted by atomic mass is 19.3. The Labute approximate surface area is 110 Å². The normalized spacial score (nSPS) is 11.7. The maximum atomic E-state index is 12.8. The van der Waals surface area contributed by atoms with E-state index >= 15 is 0 Å². The molecule has 7 heteroatoms. The Kier molecular flexibility index (Phi) is 3.78. The third-order valence-corrected chi connectivity index (χ3v) is 2.37. The van der Waals surface area contributed by atoms with Crippen LogP contribution in [0.3, 0.4) is 0 Å². The number of rotatable bonds is 5. The maximum Gasteiger partial charge on any atom is 0.461 e. The molecule has 3 nitrogen and oxygen atoms in total. The van der Waals surface area contributed by atoms with Crippen LogP contribution >= 0.6 is 0 Å². The van der Waals surface area contributed by atoms with E-state index in [0.29, 0.717) is 11.8 Å². The van der Waals surface area contributed by atoms with E-state index in [1.807, 2.05) is 0 Å². The second-order valence-corrected chi connectivity index (χ2v) is 3.81. The fourth-order valence-electron chi connectivity index (χ4n) is 1.49. The third-order valence-electron chi connectivity index (χ3n) is 2.37. The lowest BCUT2D eigenvalue weighted by molar-refractivity contribution is -0.253. The fourth-order valence-corrected chi connectivity index (χ4v) is 1.49. The summed E-state index contributed by atoms with van der Waals surface area (Å²) in [5.74, 6) is -0.140. The Morgan fingerprint density at radius 2 is 1.95 bits per heavy atom. The molecule has 0 radical (unpaired) electrons. The Morgan fingerprint density at radius 1 is 1.20 bits per heavy atom. The number of halogens is 4. The molecule has 0 saturated heterocycles. The number of carbonyl (C=O) groups is 1. The lowest BCUT2D eigenvalue weighted by Gasteiger charge is -2.16. The minimum atomic E-state index is -4.57. The van der Waals surface area contributed by atoms with Crippen molar-refractivity contribution >= 4 is 6.29 Å². The molecule has 0 bridgehead atoms. The van der Waals surface area contributed by atoms with Crippen LogP contribution in [0.2, 0.25) is 0 Å². The molecule has 0 aliphatic heterocycles. The molecule has 0 saturated carbocycles. The number of aldehydes is 1. The summed E-state index contributed by atoms with van der Waals surface area (Å²) in [5, 5.41) is 0. The van der Waals surface area contributed by atoms with E-state index in [9.17, 15) is 22.4 Å². The van der Waals surface area contributed by atoms with E-state index in [1.54, 1.807) is 0 Å². The van der Waals surface area contributed by atoms with Crippen molar-refractivity contribution < 1.29 is 31.5 Å². The monoisotopic (exact) mass is 288 g/mol. The van der Waals surface area contributed by atoms with Crippen molar-refractivity contribution in [3.8, 4) is 17.1 Å². The second-order valence-electron chi connectivity index (χ2n) is 3.81. The van der Waals surface area contributed by atoms with Crippen molar-refractivity contribution in [1.29, 1.82) is 0 Å². The summed E-state index contributed by atoms with van der Waals surface area (Å²) in [4.78, 5) is 10.5. The molecule has 2 aromatic rings. The zero-order valence-corrected chi connectivity index (χ0v) is 9.86. The molecule has 0 amide bonds. The van der Waals surface area contributed by atoms with E-state index in [1.165, 1.54) is 24.3 Å². The topological polar surface area (TPSA) is 39.4 Å². The van der Waals surface area contributed by atoms with Crippen LogP contribution in [-0.4, -0.2) is 18.8 Å². The minimum absolute atomic E-state index is 0.0595. The molecule has 0 spiro atoms. The van der Waals surface area contributed by atoms with Gasteiger partial charge in [-0.3, -0.25) is 4.79 Å². The standard InChI is InChI=1S/C13H8F4O3/c14-12(15)13(16,17)20-9-3-1-2-8(6-9)11-5-4-10(7-18)19-11/h1-7,12H. The van der Waals surface area contributed by atoms with Crippen LogP contribution in [0.5, 0.6) is 5.75 Å². The average Bonchev–Trinajstić information content (AvgIpc) is 2.87. The number of hydrogen-bond acceptors (Lipinski definition) is 3. The first kappa shape index (κ1) is 14.1. The van der Waals surface area contributed by atoms with Gasteiger partial charge >= 0.3 is 12.5 Å². The van der Waals surface area contributed by atoms with E-state index < -0.39 is 18.3 Å². The molecule has 106 valence electrons. The molecule has 0 aliphatic rings. The van der Waals surface area contributed by atoms with Gasteiger partial charge in [0.05, 0.1) is 0 Å². The van der Waals surface area contributed by atoms with Gasteiger partial charge in [0.25, 0.3) is 0 Å². The molecule has 2 rings (SSSR count). The maximum absolute atomic E-state index is 12.8. The summed E-state index contributed by atoms with van der Waals surface area (Å²) in [7, 11) is 0. The van der Waals surface area contributed by atoms with E-state index in [2.05, 4.69) is 4.74 Å². The average molecular weight is 288 g/mol. The van der Waals surface area contributed by atoms with Gasteiger partial charge < -0.3 is 9.15 Å². The number of ether oxygens (including phenoxy) is 1. The van der Waals surface area contributed by atoms with Crippen LogP contribution in [0.4, 0.5) is 17.6 Å². The summed E-state index contributed by atoms with van der Waals surface area (Å²) in [6, 6.07) is 7.92. The lowest BCUT2D eigenvalue weighted by atomic mass is 10.1. The summed E-state index contributed by atoms with van der Waals surface area (Å²) in [6.45, 7) is 0. The van der Waals surface area contributed by atoms with Crippen LogP contribution in [0.1, 0.15) is 10.6 Å². The molecule has 20 heavy (non-hydrogen) atoms. The number of alkyl halides is 4. The minimum Gasteiger partial charge on any atom is -0.453 e. The van der Waals surface area contributed by atoms with Crippen molar-refractivity contribution in [2.75, 3.05) is 0 Å². The van der Waals surface area contributed by atoms with Crippen LogP contribution in [-0.2, 0) is 0 Å². The fraction of sp³-hybridized carbons (Fsp3) is 0.154. The predicted molar refractivity (Wildman–Crippen MR) is 61.1 cm³/mol. The van der Waals surface area contributed by atoms with Gasteiger partial charge in [0, 0.05) is 5.56 Å². The van der Waals surface area contributed by atoms with Gasteiger partial charge in [0.2, 0.25) is 0 Å². The summed E-state index contributed by atoms with van der Waals surface area (Å²) >= 11 is 0. The molecule has 1 heterocycles. The van der Waals surface area contributed by atoms with Gasteiger partial charge in [0.15, 0.2) is 12.0 Å². The highest BCUT2D eigenvalue weighted by Gasteiger charge is 2.43. The van der Waals surface area contributed by atoms with Crippen molar-refractivity contribution in [3.63, 3.8) is 0 Å². The number of benzene rings is 1. The molecule has 0 unspecified atom stereocenters. The summed E-state index contributed by atoms with van der Waals surface area (Å²) in [5.41, 5.74) is 0.320. The smallest absolute Gasteiger partial charge is 0.453 e. The van der Waals surface area contributed by atoms with E-state index in [4.69, 9.17) is 4.42 Å². The highest BCUT2D eigenvalue weighted by Crippen LogP contribution is 2.30. The molecule has 0 aliphatic carbocycles. The summed E-state index contributed by atoms with van der Waals surface area (Å²) in [6.07, 6.45) is -8.03. The Hall–Kier alpha value is -2.31. The Balaban J connectivity index is 2.26. The van der Waals surface area contributed by atoms with E-state index in [0.717, 1.165) is 12.1 Å². The van der Waals surface area contributed by atoms with Gasteiger partial charge in [-0.05, 0) is 24.3 Å². The third kappa shape index (κ3) is 2.98. The van der Waals surface area contributed by atoms with Crippen LogP contribution in [0.25, 0.3) is 11.3 Å². The predicted octanol–water partition coefficient (Wildman–Crippen LogP) is 4.00. The Morgan fingerprint density at radius 3 is 2.55 bits per heavy atom. The summed E-state index contributed by atoms with van der Waals surface area (Å²) < 4.78 is 58.7. The molecule has 0 atom stereocenters.